The Labute approximate surface area is 131 Å². The number of thioether (sulfide) groups is 1. The predicted molar refractivity (Wildman–Crippen MR) is 84.6 cm³/mol. The van der Waals surface area contributed by atoms with E-state index in [0.717, 1.165) is 11.3 Å². The minimum absolute atomic E-state index is 0.0668. The van der Waals surface area contributed by atoms with Crippen molar-refractivity contribution in [2.24, 2.45) is 0 Å². The number of nitrogens with zero attached hydrogens (tertiary/aromatic N) is 1. The van der Waals surface area contributed by atoms with E-state index >= 15 is 0 Å². The molecule has 0 aliphatic carbocycles. The van der Waals surface area contributed by atoms with Crippen LogP contribution in [0.2, 0.25) is 5.02 Å². The van der Waals surface area contributed by atoms with E-state index in [4.69, 9.17) is 16.9 Å². The number of rotatable bonds is 2. The van der Waals surface area contributed by atoms with E-state index in [1.807, 2.05) is 30.3 Å². The van der Waals surface area contributed by atoms with Crippen LogP contribution < -0.4 is 5.32 Å². The lowest BCUT2D eigenvalue weighted by Gasteiger charge is -2.11. The second-order valence-corrected chi connectivity index (χ2v) is 6.37. The summed E-state index contributed by atoms with van der Waals surface area (Å²) < 4.78 is 0. The lowest BCUT2D eigenvalue weighted by atomic mass is 10.1. The number of carbonyl (C=O) groups is 1. The highest BCUT2D eigenvalue weighted by atomic mass is 35.5. The number of nitriles is 1. The van der Waals surface area contributed by atoms with Gasteiger partial charge in [-0.05, 0) is 36.2 Å². The van der Waals surface area contributed by atoms with Gasteiger partial charge in [-0.3, -0.25) is 4.79 Å². The maximum absolute atomic E-state index is 12.3. The fourth-order valence-corrected chi connectivity index (χ4v) is 3.65. The van der Waals surface area contributed by atoms with Gasteiger partial charge in [0.15, 0.2) is 0 Å². The average Bonchev–Trinajstić information content (AvgIpc) is 2.93. The zero-order chi connectivity index (χ0) is 14.8. The van der Waals surface area contributed by atoms with Crippen LogP contribution >= 0.6 is 23.4 Å². The molecule has 2 aromatic rings. The molecule has 0 bridgehead atoms. The van der Waals surface area contributed by atoms with Crippen LogP contribution in [0.1, 0.15) is 11.1 Å². The second-order valence-electron chi connectivity index (χ2n) is 4.71. The third-order valence-electron chi connectivity index (χ3n) is 3.30. The van der Waals surface area contributed by atoms with Gasteiger partial charge in [0.1, 0.15) is 0 Å². The van der Waals surface area contributed by atoms with Crippen LogP contribution in [0.4, 0.5) is 5.69 Å². The molecule has 21 heavy (non-hydrogen) atoms. The number of halogens is 1. The first-order valence-electron chi connectivity index (χ1n) is 6.42. The molecule has 1 atom stereocenters. The van der Waals surface area contributed by atoms with Gasteiger partial charge >= 0.3 is 0 Å². The van der Waals surface area contributed by atoms with Crippen molar-refractivity contribution >= 4 is 35.0 Å². The first-order valence-corrected chi connectivity index (χ1v) is 7.68. The molecule has 0 spiro atoms. The Hall–Kier alpha value is -1.96. The lowest BCUT2D eigenvalue weighted by molar-refractivity contribution is -0.115. The van der Waals surface area contributed by atoms with Crippen molar-refractivity contribution in [2.75, 3.05) is 5.32 Å². The fourth-order valence-electron chi connectivity index (χ4n) is 2.23. The monoisotopic (exact) mass is 314 g/mol. The molecule has 0 saturated carbocycles. The number of hydrogen-bond acceptors (Lipinski definition) is 3. The first-order chi connectivity index (χ1) is 10.2. The molecule has 1 amide bonds. The number of anilines is 1. The molecular weight excluding hydrogens is 304 g/mol. The normalized spacial score (nSPS) is 16.1. The highest BCUT2D eigenvalue weighted by Crippen LogP contribution is 2.37. The van der Waals surface area contributed by atoms with Crippen LogP contribution in [0.5, 0.6) is 0 Å². The molecule has 5 heteroatoms. The Balaban J connectivity index is 1.73. The van der Waals surface area contributed by atoms with Crippen LogP contribution in [0, 0.1) is 11.3 Å². The van der Waals surface area contributed by atoms with Crippen LogP contribution in [0.3, 0.4) is 0 Å². The molecule has 0 radical (unpaired) electrons. The van der Waals surface area contributed by atoms with E-state index in [2.05, 4.69) is 5.32 Å². The molecule has 3 rings (SSSR count). The minimum Gasteiger partial charge on any atom is -0.324 e. The van der Waals surface area contributed by atoms with Gasteiger partial charge in [-0.25, -0.2) is 0 Å². The van der Waals surface area contributed by atoms with Crippen LogP contribution in [0.15, 0.2) is 47.4 Å². The van der Waals surface area contributed by atoms with E-state index in [1.165, 1.54) is 5.56 Å². The van der Waals surface area contributed by atoms with Gasteiger partial charge in [-0.1, -0.05) is 29.8 Å². The molecule has 1 N–H and O–H groups in total. The number of nitrogens with one attached hydrogen (secondary N) is 1. The summed E-state index contributed by atoms with van der Waals surface area (Å²) in [6.45, 7) is 0. The van der Waals surface area contributed by atoms with Crippen molar-refractivity contribution in [1.29, 1.82) is 5.26 Å². The Morgan fingerprint density at radius 1 is 1.33 bits per heavy atom. The maximum atomic E-state index is 12.3. The Morgan fingerprint density at radius 3 is 2.86 bits per heavy atom. The van der Waals surface area contributed by atoms with Crippen molar-refractivity contribution in [3.8, 4) is 6.07 Å². The zero-order valence-corrected chi connectivity index (χ0v) is 12.5. The third kappa shape index (κ3) is 2.90. The molecular formula is C16H11ClN2OS. The van der Waals surface area contributed by atoms with Gasteiger partial charge in [0.25, 0.3) is 0 Å². The number of hydrogen-bond donors (Lipinski definition) is 1. The fraction of sp³-hybridized carbons (Fsp3) is 0.125. The van der Waals surface area contributed by atoms with Crippen LogP contribution in [-0.4, -0.2) is 11.2 Å². The zero-order valence-electron chi connectivity index (χ0n) is 11.0. The molecule has 3 nitrogen and oxygen atoms in total. The molecule has 2 aromatic carbocycles. The van der Waals surface area contributed by atoms with Crippen molar-refractivity contribution < 1.29 is 4.79 Å². The smallest absolute Gasteiger partial charge is 0.238 e. The summed E-state index contributed by atoms with van der Waals surface area (Å²) in [5, 5.41) is 11.9. The topological polar surface area (TPSA) is 52.9 Å². The lowest BCUT2D eigenvalue weighted by Crippen LogP contribution is -2.24. The van der Waals surface area contributed by atoms with E-state index in [-0.39, 0.29) is 11.2 Å². The van der Waals surface area contributed by atoms with E-state index in [0.29, 0.717) is 16.3 Å². The number of fused-ring (bicyclic) bond motifs is 1. The van der Waals surface area contributed by atoms with Gasteiger partial charge in [0.05, 0.1) is 27.6 Å². The minimum atomic E-state index is -0.144. The number of carbonyl (C=O) groups excluding carboxylic acids is 1. The Bertz CT molecular complexity index is 729. The summed E-state index contributed by atoms with van der Waals surface area (Å²) in [5.41, 5.74) is 2.21. The molecule has 1 aliphatic rings. The van der Waals surface area contributed by atoms with Crippen LogP contribution in [0.25, 0.3) is 0 Å². The van der Waals surface area contributed by atoms with E-state index < -0.39 is 0 Å². The summed E-state index contributed by atoms with van der Waals surface area (Å²) in [4.78, 5) is 13.5. The van der Waals surface area contributed by atoms with Gasteiger partial charge in [0.2, 0.25) is 5.91 Å². The van der Waals surface area contributed by atoms with E-state index in [1.54, 1.807) is 30.0 Å². The quantitative estimate of drug-likeness (QED) is 0.915. The summed E-state index contributed by atoms with van der Waals surface area (Å²) in [6, 6.07) is 14.9. The number of amides is 1. The van der Waals surface area contributed by atoms with Gasteiger partial charge < -0.3 is 5.32 Å². The summed E-state index contributed by atoms with van der Waals surface area (Å²) >= 11 is 7.64. The van der Waals surface area contributed by atoms with Gasteiger partial charge in [-0.15, -0.1) is 11.8 Å². The van der Waals surface area contributed by atoms with Crippen molar-refractivity contribution in [2.45, 2.75) is 16.6 Å². The Morgan fingerprint density at radius 2 is 2.14 bits per heavy atom. The predicted octanol–water partition coefficient (Wildman–Crippen LogP) is 3.87. The molecule has 0 saturated heterocycles. The molecule has 0 fully saturated rings. The van der Waals surface area contributed by atoms with Crippen molar-refractivity contribution in [3.05, 3.63) is 58.6 Å². The summed E-state index contributed by atoms with van der Waals surface area (Å²) in [6.07, 6.45) is 0.723. The molecule has 1 heterocycles. The molecule has 104 valence electrons. The highest BCUT2D eigenvalue weighted by Gasteiger charge is 2.28. The van der Waals surface area contributed by atoms with Crippen molar-refractivity contribution in [1.82, 2.24) is 0 Å². The molecule has 1 unspecified atom stereocenters. The van der Waals surface area contributed by atoms with E-state index in [9.17, 15) is 4.79 Å². The standard InChI is InChI=1S/C16H11ClN2OS/c17-12-7-10(9-18)5-6-13(12)19-16(20)15-8-11-3-1-2-4-14(11)21-15/h1-7,15H,8H2,(H,19,20). The largest absolute Gasteiger partial charge is 0.324 e. The van der Waals surface area contributed by atoms with Gasteiger partial charge in [0, 0.05) is 4.90 Å². The summed E-state index contributed by atoms with van der Waals surface area (Å²) in [7, 11) is 0. The van der Waals surface area contributed by atoms with Crippen LogP contribution in [-0.2, 0) is 11.2 Å². The summed E-state index contributed by atoms with van der Waals surface area (Å²) in [5.74, 6) is -0.0668. The maximum Gasteiger partial charge on any atom is 0.238 e. The molecule has 0 aromatic heterocycles. The second kappa shape index (κ2) is 5.80. The van der Waals surface area contributed by atoms with Crippen molar-refractivity contribution in [3.63, 3.8) is 0 Å². The van der Waals surface area contributed by atoms with Gasteiger partial charge in [-0.2, -0.15) is 5.26 Å². The Kier molecular flexibility index (Phi) is 3.87. The highest BCUT2D eigenvalue weighted by molar-refractivity contribution is 8.01. The SMILES string of the molecule is N#Cc1ccc(NC(=O)C2Cc3ccccc3S2)c(Cl)c1. The molecule has 1 aliphatic heterocycles. The third-order valence-corrected chi connectivity index (χ3v) is 4.93. The average molecular weight is 315 g/mol. The number of benzene rings is 2. The first kappa shape index (κ1) is 14.0.